The molecular formula is C16H20ClN3O2S. The fourth-order valence-electron chi connectivity index (χ4n) is 1.93. The number of halogens is 1. The maximum Gasteiger partial charge on any atom is 0.266 e. The Balaban J connectivity index is 1.93. The van der Waals surface area contributed by atoms with Crippen molar-refractivity contribution in [2.24, 2.45) is 0 Å². The van der Waals surface area contributed by atoms with Crippen molar-refractivity contribution in [3.63, 3.8) is 0 Å². The molecule has 2 rings (SSSR count). The fraction of sp³-hybridized carbons (Fsp3) is 0.438. The van der Waals surface area contributed by atoms with Gasteiger partial charge in [0.1, 0.15) is 10.8 Å². The highest BCUT2D eigenvalue weighted by Gasteiger charge is 2.17. The smallest absolute Gasteiger partial charge is 0.266 e. The van der Waals surface area contributed by atoms with Gasteiger partial charge in [-0.25, -0.2) is 0 Å². The Labute approximate surface area is 145 Å². The van der Waals surface area contributed by atoms with Gasteiger partial charge in [-0.1, -0.05) is 36.3 Å². The van der Waals surface area contributed by atoms with Crippen LogP contribution in [0.2, 0.25) is 5.02 Å². The zero-order valence-corrected chi connectivity index (χ0v) is 15.0. The minimum absolute atomic E-state index is 0.252. The minimum atomic E-state index is -0.641. The minimum Gasteiger partial charge on any atom is -0.481 e. The van der Waals surface area contributed by atoms with E-state index < -0.39 is 6.10 Å². The number of anilines is 1. The molecule has 1 atom stereocenters. The molecule has 0 aliphatic rings. The molecule has 1 aromatic carbocycles. The first-order valence-corrected chi connectivity index (χ1v) is 8.75. The van der Waals surface area contributed by atoms with Crippen molar-refractivity contribution in [2.45, 2.75) is 46.1 Å². The molecule has 0 bridgehead atoms. The van der Waals surface area contributed by atoms with Crippen LogP contribution < -0.4 is 10.1 Å². The molecule has 2 aromatic rings. The maximum atomic E-state index is 12.2. The zero-order chi connectivity index (χ0) is 16.8. The molecule has 5 nitrogen and oxygen atoms in total. The maximum absolute atomic E-state index is 12.2. The van der Waals surface area contributed by atoms with Gasteiger partial charge in [0.2, 0.25) is 5.13 Å². The number of rotatable bonds is 7. The normalized spacial score (nSPS) is 12.0. The Hall–Kier alpha value is -1.66. The number of hydrogen-bond donors (Lipinski definition) is 1. The van der Waals surface area contributed by atoms with Crippen molar-refractivity contribution in [1.82, 2.24) is 10.2 Å². The highest BCUT2D eigenvalue weighted by molar-refractivity contribution is 7.15. The van der Waals surface area contributed by atoms with E-state index in [1.807, 2.05) is 6.92 Å². The average Bonchev–Trinajstić information content (AvgIpc) is 2.95. The lowest BCUT2D eigenvalue weighted by Crippen LogP contribution is -2.30. The van der Waals surface area contributed by atoms with Crippen LogP contribution in [-0.4, -0.2) is 22.2 Å². The van der Waals surface area contributed by atoms with Crippen LogP contribution in [0.1, 0.15) is 37.3 Å². The molecule has 0 saturated carbocycles. The summed E-state index contributed by atoms with van der Waals surface area (Å²) in [6, 6.07) is 5.29. The monoisotopic (exact) mass is 353 g/mol. The summed E-state index contributed by atoms with van der Waals surface area (Å²) in [4.78, 5) is 12.2. The van der Waals surface area contributed by atoms with E-state index in [1.54, 1.807) is 25.1 Å². The van der Waals surface area contributed by atoms with Crippen LogP contribution >= 0.6 is 22.9 Å². The molecular weight excluding hydrogens is 334 g/mol. The second kappa shape index (κ2) is 8.26. The van der Waals surface area contributed by atoms with Crippen LogP contribution in [-0.2, 0) is 11.2 Å². The predicted molar refractivity (Wildman–Crippen MR) is 93.4 cm³/mol. The largest absolute Gasteiger partial charge is 0.481 e. The van der Waals surface area contributed by atoms with Gasteiger partial charge in [0.25, 0.3) is 5.91 Å². The summed E-state index contributed by atoms with van der Waals surface area (Å²) in [7, 11) is 0. The van der Waals surface area contributed by atoms with Crippen LogP contribution in [0.4, 0.5) is 5.13 Å². The number of ether oxygens (including phenoxy) is 1. The Kier molecular flexibility index (Phi) is 6.36. The molecule has 1 aromatic heterocycles. The number of unbranched alkanes of at least 4 members (excludes halogenated alkanes) is 1. The van der Waals surface area contributed by atoms with Gasteiger partial charge in [0.05, 0.1) is 0 Å². The standard InChI is InChI=1S/C16H20ClN3O2S/c1-4-5-6-14-19-20-16(23-14)18-15(21)11(3)22-13-8-7-12(17)9-10(13)2/h7-9,11H,4-6H2,1-3H3,(H,18,20,21). The summed E-state index contributed by atoms with van der Waals surface area (Å²) in [6.45, 7) is 5.71. The number of carbonyl (C=O) groups excluding carboxylic acids is 1. The van der Waals surface area contributed by atoms with Crippen LogP contribution in [0.3, 0.4) is 0 Å². The molecule has 0 saturated heterocycles. The van der Waals surface area contributed by atoms with Gasteiger partial charge in [0, 0.05) is 11.4 Å². The molecule has 1 unspecified atom stereocenters. The topological polar surface area (TPSA) is 64.1 Å². The lowest BCUT2D eigenvalue weighted by atomic mass is 10.2. The van der Waals surface area contributed by atoms with Gasteiger partial charge < -0.3 is 4.74 Å². The molecule has 0 aliphatic heterocycles. The molecule has 0 aliphatic carbocycles. The van der Waals surface area contributed by atoms with Gasteiger partial charge in [-0.3, -0.25) is 10.1 Å². The van der Waals surface area contributed by atoms with E-state index in [9.17, 15) is 4.79 Å². The highest BCUT2D eigenvalue weighted by atomic mass is 35.5. The van der Waals surface area contributed by atoms with Gasteiger partial charge in [-0.2, -0.15) is 0 Å². The van der Waals surface area contributed by atoms with E-state index in [-0.39, 0.29) is 5.91 Å². The molecule has 23 heavy (non-hydrogen) atoms. The first kappa shape index (κ1) is 17.7. The summed E-state index contributed by atoms with van der Waals surface area (Å²) < 4.78 is 5.69. The number of benzene rings is 1. The summed E-state index contributed by atoms with van der Waals surface area (Å²) in [5, 5.41) is 12.9. The first-order chi connectivity index (χ1) is 11.0. The Bertz CT molecular complexity index is 675. The van der Waals surface area contributed by atoms with Crippen molar-refractivity contribution >= 4 is 34.0 Å². The third-order valence-electron chi connectivity index (χ3n) is 3.25. The molecule has 124 valence electrons. The van der Waals surface area contributed by atoms with Crippen LogP contribution in [0.5, 0.6) is 5.75 Å². The number of nitrogens with zero attached hydrogens (tertiary/aromatic N) is 2. The highest BCUT2D eigenvalue weighted by Crippen LogP contribution is 2.23. The van der Waals surface area contributed by atoms with Crippen LogP contribution in [0.15, 0.2) is 18.2 Å². The van der Waals surface area contributed by atoms with Crippen molar-refractivity contribution in [1.29, 1.82) is 0 Å². The SMILES string of the molecule is CCCCc1nnc(NC(=O)C(C)Oc2ccc(Cl)cc2C)s1. The third-order valence-corrected chi connectivity index (χ3v) is 4.38. The van der Waals surface area contributed by atoms with Gasteiger partial charge in [0.15, 0.2) is 6.10 Å². The summed E-state index contributed by atoms with van der Waals surface area (Å²) >= 11 is 7.32. The Morgan fingerprint density at radius 1 is 1.43 bits per heavy atom. The fourth-order valence-corrected chi connectivity index (χ4v) is 2.94. The van der Waals surface area contributed by atoms with Gasteiger partial charge in [-0.15, -0.1) is 10.2 Å². The van der Waals surface area contributed by atoms with E-state index in [4.69, 9.17) is 16.3 Å². The van der Waals surface area contributed by atoms with Gasteiger partial charge in [-0.05, 0) is 44.0 Å². The second-order valence-electron chi connectivity index (χ2n) is 5.26. The number of hydrogen-bond acceptors (Lipinski definition) is 5. The summed E-state index contributed by atoms with van der Waals surface area (Å²) in [5.41, 5.74) is 0.884. The summed E-state index contributed by atoms with van der Waals surface area (Å²) in [5.74, 6) is 0.385. The number of amides is 1. The second-order valence-corrected chi connectivity index (χ2v) is 6.76. The summed E-state index contributed by atoms with van der Waals surface area (Å²) in [6.07, 6.45) is 2.42. The predicted octanol–water partition coefficient (Wildman–Crippen LogP) is 4.25. The molecule has 7 heteroatoms. The molecule has 0 fully saturated rings. The third kappa shape index (κ3) is 5.18. The van der Waals surface area contributed by atoms with E-state index in [0.717, 1.165) is 29.8 Å². The van der Waals surface area contributed by atoms with Gasteiger partial charge >= 0.3 is 0 Å². The van der Waals surface area contributed by atoms with Crippen LogP contribution in [0, 0.1) is 6.92 Å². The molecule has 1 N–H and O–H groups in total. The molecule has 1 amide bonds. The van der Waals surface area contributed by atoms with Crippen molar-refractivity contribution < 1.29 is 9.53 Å². The zero-order valence-electron chi connectivity index (χ0n) is 13.4. The van der Waals surface area contributed by atoms with E-state index in [2.05, 4.69) is 22.4 Å². The molecule has 1 heterocycles. The first-order valence-electron chi connectivity index (χ1n) is 7.55. The van der Waals surface area contributed by atoms with E-state index in [0.29, 0.717) is 15.9 Å². The Morgan fingerprint density at radius 3 is 2.91 bits per heavy atom. The number of aryl methyl sites for hydroxylation is 2. The van der Waals surface area contributed by atoms with Crippen molar-refractivity contribution in [2.75, 3.05) is 5.32 Å². The number of carbonyl (C=O) groups is 1. The van der Waals surface area contributed by atoms with Crippen molar-refractivity contribution in [3.05, 3.63) is 33.8 Å². The number of nitrogens with one attached hydrogen (secondary N) is 1. The van der Waals surface area contributed by atoms with Crippen molar-refractivity contribution in [3.8, 4) is 5.75 Å². The van der Waals surface area contributed by atoms with E-state index >= 15 is 0 Å². The quantitative estimate of drug-likeness (QED) is 0.808. The molecule has 0 radical (unpaired) electrons. The van der Waals surface area contributed by atoms with Crippen LogP contribution in [0.25, 0.3) is 0 Å². The Morgan fingerprint density at radius 2 is 2.22 bits per heavy atom. The number of aromatic nitrogens is 2. The average molecular weight is 354 g/mol. The lowest BCUT2D eigenvalue weighted by molar-refractivity contribution is -0.122. The molecule has 0 spiro atoms. The van der Waals surface area contributed by atoms with E-state index in [1.165, 1.54) is 11.3 Å². The lowest BCUT2D eigenvalue weighted by Gasteiger charge is -2.15.